The highest BCUT2D eigenvalue weighted by Gasteiger charge is 2.24. The van der Waals surface area contributed by atoms with Gasteiger partial charge in [0.2, 0.25) is 0 Å². The Hall–Kier alpha value is -2.13. The van der Waals surface area contributed by atoms with Gasteiger partial charge in [-0.2, -0.15) is 0 Å². The first-order valence-electron chi connectivity index (χ1n) is 7.75. The average Bonchev–Trinajstić information content (AvgIpc) is 2.54. The van der Waals surface area contributed by atoms with E-state index in [2.05, 4.69) is 4.90 Å². The number of carboxylic acids is 1. The molecule has 116 valence electrons. The lowest BCUT2D eigenvalue weighted by atomic mass is 10.1. The van der Waals surface area contributed by atoms with Crippen LogP contribution in [0.3, 0.4) is 0 Å². The smallest absolute Gasteiger partial charge is 0.320 e. The van der Waals surface area contributed by atoms with Gasteiger partial charge in [-0.3, -0.25) is 9.69 Å². The Morgan fingerprint density at radius 3 is 1.77 bits per heavy atom. The Bertz CT molecular complexity index is 527. The molecule has 0 aromatic heterocycles. The Kier molecular flexibility index (Phi) is 6.16. The minimum Gasteiger partial charge on any atom is -0.480 e. The van der Waals surface area contributed by atoms with Crippen LogP contribution < -0.4 is 0 Å². The summed E-state index contributed by atoms with van der Waals surface area (Å²) in [5.41, 5.74) is 2.28. The van der Waals surface area contributed by atoms with E-state index < -0.39 is 12.0 Å². The Morgan fingerprint density at radius 1 is 0.955 bits per heavy atom. The molecule has 0 saturated carbocycles. The van der Waals surface area contributed by atoms with Crippen molar-refractivity contribution in [2.75, 3.05) is 0 Å². The Balaban J connectivity index is 2.20. The topological polar surface area (TPSA) is 40.5 Å². The fourth-order valence-corrected chi connectivity index (χ4v) is 2.65. The van der Waals surface area contributed by atoms with Crippen LogP contribution in [0.25, 0.3) is 0 Å². The standard InChI is InChI=1S/C19H23NO2/c1-2-9-18(19(21)22)20(14-16-10-5-3-6-11-16)15-17-12-7-4-8-13-17/h3-8,10-13,18H,2,9,14-15H2,1H3,(H,21,22)/t18-/m0/s1. The molecular formula is C19H23NO2. The minimum atomic E-state index is -0.742. The predicted octanol–water partition coefficient (Wildman–Crippen LogP) is 3.94. The van der Waals surface area contributed by atoms with E-state index in [4.69, 9.17) is 0 Å². The summed E-state index contributed by atoms with van der Waals surface area (Å²) in [5.74, 6) is -0.742. The number of aliphatic carboxylic acids is 1. The van der Waals surface area contributed by atoms with Crippen molar-refractivity contribution in [3.05, 3.63) is 71.8 Å². The van der Waals surface area contributed by atoms with E-state index in [0.717, 1.165) is 17.5 Å². The van der Waals surface area contributed by atoms with E-state index >= 15 is 0 Å². The zero-order valence-electron chi connectivity index (χ0n) is 13.0. The lowest BCUT2D eigenvalue weighted by Gasteiger charge is -2.29. The third kappa shape index (κ3) is 4.71. The normalized spacial score (nSPS) is 12.3. The van der Waals surface area contributed by atoms with Crippen molar-refractivity contribution in [3.63, 3.8) is 0 Å². The SMILES string of the molecule is CCC[C@@H](C(=O)O)N(Cc1ccccc1)Cc1ccccc1. The molecule has 0 bridgehead atoms. The summed E-state index contributed by atoms with van der Waals surface area (Å²) in [5, 5.41) is 9.59. The van der Waals surface area contributed by atoms with Gasteiger partial charge in [-0.25, -0.2) is 0 Å². The number of benzene rings is 2. The summed E-state index contributed by atoms with van der Waals surface area (Å²) in [4.78, 5) is 13.7. The van der Waals surface area contributed by atoms with E-state index in [1.807, 2.05) is 67.6 Å². The molecule has 0 radical (unpaired) electrons. The molecule has 1 atom stereocenters. The van der Waals surface area contributed by atoms with Crippen molar-refractivity contribution in [1.82, 2.24) is 4.90 Å². The maximum atomic E-state index is 11.7. The Morgan fingerprint density at radius 2 is 1.41 bits per heavy atom. The molecule has 2 aromatic rings. The van der Waals surface area contributed by atoms with Crippen LogP contribution in [-0.2, 0) is 17.9 Å². The molecule has 1 N–H and O–H groups in total. The second-order valence-corrected chi connectivity index (χ2v) is 5.52. The van der Waals surface area contributed by atoms with Crippen molar-refractivity contribution in [2.45, 2.75) is 38.9 Å². The molecule has 0 aliphatic heterocycles. The highest BCUT2D eigenvalue weighted by atomic mass is 16.4. The van der Waals surface area contributed by atoms with Crippen LogP contribution in [0.4, 0.5) is 0 Å². The number of carboxylic acid groups (broad SMARTS) is 1. The molecule has 0 unspecified atom stereocenters. The summed E-state index contributed by atoms with van der Waals surface area (Å²) in [6, 6.07) is 19.6. The second-order valence-electron chi connectivity index (χ2n) is 5.52. The van der Waals surface area contributed by atoms with Gasteiger partial charge in [0.25, 0.3) is 0 Å². The first-order chi connectivity index (χ1) is 10.7. The van der Waals surface area contributed by atoms with Crippen molar-refractivity contribution >= 4 is 5.97 Å². The summed E-state index contributed by atoms with van der Waals surface area (Å²) >= 11 is 0. The highest BCUT2D eigenvalue weighted by Crippen LogP contribution is 2.16. The molecule has 2 aromatic carbocycles. The van der Waals surface area contributed by atoms with Gasteiger partial charge < -0.3 is 5.11 Å². The fraction of sp³-hybridized carbons (Fsp3) is 0.316. The van der Waals surface area contributed by atoms with Crippen molar-refractivity contribution < 1.29 is 9.90 Å². The molecule has 3 heteroatoms. The predicted molar refractivity (Wildman–Crippen MR) is 88.5 cm³/mol. The van der Waals surface area contributed by atoms with Gasteiger partial charge in [0.05, 0.1) is 0 Å². The van der Waals surface area contributed by atoms with E-state index in [1.54, 1.807) is 0 Å². The van der Waals surface area contributed by atoms with Crippen LogP contribution in [0.1, 0.15) is 30.9 Å². The molecule has 0 heterocycles. The lowest BCUT2D eigenvalue weighted by Crippen LogP contribution is -2.40. The fourth-order valence-electron chi connectivity index (χ4n) is 2.65. The number of nitrogens with zero attached hydrogens (tertiary/aromatic N) is 1. The number of carbonyl (C=O) groups is 1. The van der Waals surface area contributed by atoms with Crippen molar-refractivity contribution in [1.29, 1.82) is 0 Å². The lowest BCUT2D eigenvalue weighted by molar-refractivity contribution is -0.144. The zero-order valence-corrected chi connectivity index (χ0v) is 13.0. The van der Waals surface area contributed by atoms with Gasteiger partial charge in [0, 0.05) is 13.1 Å². The monoisotopic (exact) mass is 297 g/mol. The molecule has 0 spiro atoms. The summed E-state index contributed by atoms with van der Waals surface area (Å²) < 4.78 is 0. The molecule has 2 rings (SSSR count). The van der Waals surface area contributed by atoms with Crippen molar-refractivity contribution in [2.24, 2.45) is 0 Å². The van der Waals surface area contributed by atoms with Crippen LogP contribution in [-0.4, -0.2) is 22.0 Å². The molecule has 0 aliphatic carbocycles. The quantitative estimate of drug-likeness (QED) is 0.802. The molecule has 0 saturated heterocycles. The van der Waals surface area contributed by atoms with E-state index in [9.17, 15) is 9.90 Å². The number of rotatable bonds is 8. The van der Waals surface area contributed by atoms with Gasteiger partial charge in [0.15, 0.2) is 0 Å². The first-order valence-corrected chi connectivity index (χ1v) is 7.75. The second kappa shape index (κ2) is 8.35. The van der Waals surface area contributed by atoms with E-state index in [-0.39, 0.29) is 0 Å². The summed E-state index contributed by atoms with van der Waals surface area (Å²) in [7, 11) is 0. The third-order valence-corrected chi connectivity index (χ3v) is 3.74. The van der Waals surface area contributed by atoms with Crippen LogP contribution >= 0.6 is 0 Å². The van der Waals surface area contributed by atoms with Crippen LogP contribution in [0, 0.1) is 0 Å². The van der Waals surface area contributed by atoms with Gasteiger partial charge in [-0.1, -0.05) is 74.0 Å². The average molecular weight is 297 g/mol. The maximum Gasteiger partial charge on any atom is 0.320 e. The van der Waals surface area contributed by atoms with Gasteiger partial charge in [-0.05, 0) is 17.5 Å². The van der Waals surface area contributed by atoms with Gasteiger partial charge in [-0.15, -0.1) is 0 Å². The van der Waals surface area contributed by atoms with Crippen LogP contribution in [0.5, 0.6) is 0 Å². The molecule has 22 heavy (non-hydrogen) atoms. The maximum absolute atomic E-state index is 11.7. The molecular weight excluding hydrogens is 274 g/mol. The minimum absolute atomic E-state index is 0.453. The summed E-state index contributed by atoms with van der Waals surface area (Å²) in [6.45, 7) is 3.32. The summed E-state index contributed by atoms with van der Waals surface area (Å²) in [6.07, 6.45) is 1.52. The van der Waals surface area contributed by atoms with E-state index in [0.29, 0.717) is 19.5 Å². The van der Waals surface area contributed by atoms with Gasteiger partial charge >= 0.3 is 5.97 Å². The molecule has 0 amide bonds. The molecule has 0 aliphatic rings. The highest BCUT2D eigenvalue weighted by molar-refractivity contribution is 5.73. The van der Waals surface area contributed by atoms with Crippen LogP contribution in [0.2, 0.25) is 0 Å². The molecule has 0 fully saturated rings. The zero-order chi connectivity index (χ0) is 15.8. The van der Waals surface area contributed by atoms with Crippen molar-refractivity contribution in [3.8, 4) is 0 Å². The number of hydrogen-bond acceptors (Lipinski definition) is 2. The largest absolute Gasteiger partial charge is 0.480 e. The third-order valence-electron chi connectivity index (χ3n) is 3.74. The first kappa shape index (κ1) is 16.2. The molecule has 3 nitrogen and oxygen atoms in total. The van der Waals surface area contributed by atoms with Crippen LogP contribution in [0.15, 0.2) is 60.7 Å². The Labute approximate surface area is 132 Å². The van der Waals surface area contributed by atoms with E-state index in [1.165, 1.54) is 0 Å². The van der Waals surface area contributed by atoms with Gasteiger partial charge in [0.1, 0.15) is 6.04 Å². The number of hydrogen-bond donors (Lipinski definition) is 1.